The first kappa shape index (κ1) is 35.1. The van der Waals surface area contributed by atoms with Gasteiger partial charge in [0, 0.05) is 18.6 Å². The molecule has 0 radical (unpaired) electrons. The molecule has 0 fully saturated rings. The molecule has 10 heteroatoms. The van der Waals surface area contributed by atoms with Crippen LogP contribution in [0, 0.1) is 10.1 Å². The van der Waals surface area contributed by atoms with E-state index < -0.39 is 33.8 Å². The fourth-order valence-electron chi connectivity index (χ4n) is 4.38. The summed E-state index contributed by atoms with van der Waals surface area (Å²) in [6, 6.07) is 4.21. The summed E-state index contributed by atoms with van der Waals surface area (Å²) in [6.45, 7) is 1.96. The number of carbonyl (C=O) groups is 2. The molecule has 2 atom stereocenters. The van der Waals surface area contributed by atoms with Crippen LogP contribution in [0.25, 0.3) is 0 Å². The molecule has 0 saturated carbocycles. The van der Waals surface area contributed by atoms with Crippen LogP contribution in [-0.2, 0) is 14.3 Å². The highest BCUT2D eigenvalue weighted by Crippen LogP contribution is 2.22. The highest BCUT2D eigenvalue weighted by Gasteiger charge is 2.27. The maximum Gasteiger partial charge on any atom is 0.305 e. The molecule has 0 heterocycles. The molecular formula is C29H46Cl2N2O6. The van der Waals surface area contributed by atoms with Gasteiger partial charge in [-0.25, -0.2) is 0 Å². The number of benzene rings is 1. The van der Waals surface area contributed by atoms with Gasteiger partial charge in [-0.2, -0.15) is 0 Å². The van der Waals surface area contributed by atoms with E-state index in [0.29, 0.717) is 12.0 Å². The third kappa shape index (κ3) is 16.7. The van der Waals surface area contributed by atoms with Crippen molar-refractivity contribution >= 4 is 40.8 Å². The van der Waals surface area contributed by atoms with Crippen molar-refractivity contribution in [1.29, 1.82) is 0 Å². The predicted octanol–water partition coefficient (Wildman–Crippen LogP) is 7.72. The Labute approximate surface area is 243 Å². The molecule has 39 heavy (non-hydrogen) atoms. The normalized spacial score (nSPS) is 12.7. The molecule has 8 nitrogen and oxygen atoms in total. The van der Waals surface area contributed by atoms with E-state index in [2.05, 4.69) is 12.2 Å². The number of carbonyl (C=O) groups excluding carboxylic acids is 2. The van der Waals surface area contributed by atoms with Gasteiger partial charge in [0.05, 0.1) is 11.0 Å². The monoisotopic (exact) mass is 588 g/mol. The number of hydrogen-bond acceptors (Lipinski definition) is 6. The number of unbranched alkanes of at least 4 members (excludes halogenated alkanes) is 14. The molecular weight excluding hydrogens is 543 g/mol. The number of nitrogens with one attached hydrogen (secondary N) is 1. The van der Waals surface area contributed by atoms with Gasteiger partial charge in [-0.05, 0) is 24.1 Å². The van der Waals surface area contributed by atoms with Gasteiger partial charge in [0.1, 0.15) is 12.7 Å². The molecule has 1 rings (SSSR count). The lowest BCUT2D eigenvalue weighted by atomic mass is 10.0. The summed E-state index contributed by atoms with van der Waals surface area (Å²) in [4.78, 5) is 33.2. The summed E-state index contributed by atoms with van der Waals surface area (Å²) in [5.74, 6) is -1.17. The van der Waals surface area contributed by atoms with Crippen molar-refractivity contribution in [3.8, 4) is 0 Å². The van der Waals surface area contributed by atoms with E-state index in [1.165, 1.54) is 101 Å². The van der Waals surface area contributed by atoms with Crippen molar-refractivity contribution in [2.24, 2.45) is 0 Å². The molecule has 222 valence electrons. The van der Waals surface area contributed by atoms with E-state index in [1.807, 2.05) is 0 Å². The zero-order chi connectivity index (χ0) is 28.9. The molecule has 1 aromatic rings. The van der Waals surface area contributed by atoms with Gasteiger partial charge in [-0.3, -0.25) is 19.7 Å². The molecule has 0 aromatic heterocycles. The number of alkyl halides is 2. The minimum Gasteiger partial charge on any atom is -0.463 e. The Balaban J connectivity index is 2.24. The quantitative estimate of drug-likeness (QED) is 0.0444. The second-order valence-electron chi connectivity index (χ2n) is 10.1. The Hall–Kier alpha value is -1.90. The number of non-ortho nitro benzene ring substituents is 1. The second kappa shape index (κ2) is 21.9. The van der Waals surface area contributed by atoms with E-state index in [9.17, 15) is 24.8 Å². The molecule has 1 aromatic carbocycles. The fourth-order valence-corrected chi connectivity index (χ4v) is 4.50. The highest BCUT2D eigenvalue weighted by molar-refractivity contribution is 6.53. The van der Waals surface area contributed by atoms with E-state index in [1.54, 1.807) is 0 Å². The van der Waals surface area contributed by atoms with Crippen LogP contribution in [0.2, 0.25) is 0 Å². The number of hydrogen-bond donors (Lipinski definition) is 2. The van der Waals surface area contributed by atoms with E-state index in [0.717, 1.165) is 12.8 Å². The first-order chi connectivity index (χ1) is 18.8. The average Bonchev–Trinajstić information content (AvgIpc) is 2.92. The summed E-state index contributed by atoms with van der Waals surface area (Å²) in [6.07, 6.45) is 17.5. The molecule has 0 aliphatic heterocycles. The van der Waals surface area contributed by atoms with Crippen molar-refractivity contribution in [1.82, 2.24) is 5.32 Å². The molecule has 0 spiro atoms. The lowest BCUT2D eigenvalue weighted by Crippen LogP contribution is -2.45. The number of nitro groups is 1. The zero-order valence-corrected chi connectivity index (χ0v) is 24.8. The zero-order valence-electron chi connectivity index (χ0n) is 23.3. The Morgan fingerprint density at radius 3 is 1.77 bits per heavy atom. The summed E-state index contributed by atoms with van der Waals surface area (Å²) in [7, 11) is 0. The van der Waals surface area contributed by atoms with Crippen LogP contribution in [0.5, 0.6) is 0 Å². The number of halogens is 2. The maximum atomic E-state index is 12.2. The van der Waals surface area contributed by atoms with Crippen molar-refractivity contribution in [2.75, 3.05) is 6.61 Å². The van der Waals surface area contributed by atoms with Crippen LogP contribution in [-0.4, -0.2) is 39.4 Å². The van der Waals surface area contributed by atoms with Crippen LogP contribution in [0.3, 0.4) is 0 Å². The number of amides is 1. The van der Waals surface area contributed by atoms with E-state index in [-0.39, 0.29) is 18.7 Å². The Morgan fingerprint density at radius 2 is 1.33 bits per heavy atom. The SMILES string of the molecule is CCCCCCCCCCCCCCCCCC(=O)OC[C@H](NC(=O)C(Cl)Cl)[C@@H](O)c1ccc([N+](=O)[O-])cc1. The molecule has 0 aliphatic carbocycles. The van der Waals surface area contributed by atoms with Gasteiger partial charge in [0.2, 0.25) is 0 Å². The van der Waals surface area contributed by atoms with Crippen LogP contribution in [0.4, 0.5) is 5.69 Å². The molecule has 0 aliphatic rings. The first-order valence-electron chi connectivity index (χ1n) is 14.4. The number of nitrogens with zero attached hydrogens (tertiary/aromatic N) is 1. The van der Waals surface area contributed by atoms with Gasteiger partial charge < -0.3 is 15.2 Å². The standard InChI is InChI=1S/C29H46Cl2N2O6/c1-2-3-4-5-6-7-8-9-10-11-12-13-14-15-16-17-26(34)39-22-25(32-29(36)28(30)31)27(35)23-18-20-24(21-19-23)33(37)38/h18-21,25,27-28,35H,2-17,22H2,1H3,(H,32,36)/t25-,27-/m0/s1. The van der Waals surface area contributed by atoms with Crippen LogP contribution in [0.1, 0.15) is 121 Å². The van der Waals surface area contributed by atoms with Crippen LogP contribution < -0.4 is 5.32 Å². The van der Waals surface area contributed by atoms with Crippen LogP contribution >= 0.6 is 23.2 Å². The lowest BCUT2D eigenvalue weighted by Gasteiger charge is -2.24. The van der Waals surface area contributed by atoms with Gasteiger partial charge in [-0.1, -0.05) is 120 Å². The van der Waals surface area contributed by atoms with Gasteiger partial charge >= 0.3 is 5.97 Å². The Morgan fingerprint density at radius 1 is 0.872 bits per heavy atom. The summed E-state index contributed by atoms with van der Waals surface area (Å²) in [5.41, 5.74) is 0.174. The minimum atomic E-state index is -1.37. The molecule has 1 amide bonds. The number of nitro benzene ring substituents is 1. The van der Waals surface area contributed by atoms with Crippen molar-refractivity contribution in [2.45, 2.75) is 127 Å². The average molecular weight is 590 g/mol. The Bertz CT molecular complexity index is 823. The van der Waals surface area contributed by atoms with Crippen molar-refractivity contribution in [3.63, 3.8) is 0 Å². The smallest absolute Gasteiger partial charge is 0.305 e. The number of rotatable bonds is 23. The minimum absolute atomic E-state index is 0.136. The summed E-state index contributed by atoms with van der Waals surface area (Å²) in [5, 5.41) is 24.0. The number of aliphatic hydroxyl groups excluding tert-OH is 1. The molecule has 0 unspecified atom stereocenters. The Kier molecular flexibility index (Phi) is 19.7. The van der Waals surface area contributed by atoms with Gasteiger partial charge in [-0.15, -0.1) is 0 Å². The third-order valence-corrected chi connectivity index (χ3v) is 7.16. The predicted molar refractivity (Wildman–Crippen MR) is 156 cm³/mol. The van der Waals surface area contributed by atoms with Crippen molar-refractivity contribution in [3.05, 3.63) is 39.9 Å². The summed E-state index contributed by atoms with van der Waals surface area (Å²) < 4.78 is 5.30. The topological polar surface area (TPSA) is 119 Å². The number of aliphatic hydroxyl groups is 1. The van der Waals surface area contributed by atoms with E-state index in [4.69, 9.17) is 27.9 Å². The second-order valence-corrected chi connectivity index (χ2v) is 11.2. The van der Waals surface area contributed by atoms with Crippen molar-refractivity contribution < 1.29 is 24.4 Å². The largest absolute Gasteiger partial charge is 0.463 e. The highest BCUT2D eigenvalue weighted by atomic mass is 35.5. The number of esters is 1. The molecule has 2 N–H and O–H groups in total. The van der Waals surface area contributed by atoms with Gasteiger partial charge in [0.15, 0.2) is 4.84 Å². The number of ether oxygens (including phenoxy) is 1. The summed E-state index contributed by atoms with van der Waals surface area (Å²) >= 11 is 11.2. The maximum absolute atomic E-state index is 12.2. The molecule has 0 bridgehead atoms. The first-order valence-corrected chi connectivity index (χ1v) is 15.3. The van der Waals surface area contributed by atoms with E-state index >= 15 is 0 Å². The fraction of sp³-hybridized carbons (Fsp3) is 0.724. The van der Waals surface area contributed by atoms with Gasteiger partial charge in [0.25, 0.3) is 11.6 Å². The third-order valence-electron chi connectivity index (χ3n) is 6.76. The lowest BCUT2D eigenvalue weighted by molar-refractivity contribution is -0.384. The van der Waals surface area contributed by atoms with Crippen LogP contribution in [0.15, 0.2) is 24.3 Å². The molecule has 0 saturated heterocycles.